The molecule has 1 aliphatic rings. The van der Waals surface area contributed by atoms with E-state index in [-0.39, 0.29) is 5.78 Å². The molecule has 1 unspecified atom stereocenters. The highest BCUT2D eigenvalue weighted by atomic mass is 35.5. The number of aromatic nitrogens is 1. The highest BCUT2D eigenvalue weighted by Gasteiger charge is 2.17. The van der Waals surface area contributed by atoms with E-state index >= 15 is 0 Å². The van der Waals surface area contributed by atoms with E-state index in [1.807, 2.05) is 6.07 Å². The molecule has 90 valence electrons. The third-order valence-electron chi connectivity index (χ3n) is 3.24. The molecule has 0 N–H and O–H groups in total. The Bertz CT molecular complexity index is 453. The van der Waals surface area contributed by atoms with Crippen LogP contribution in [-0.2, 0) is 11.2 Å². The molecule has 1 aromatic rings. The zero-order chi connectivity index (χ0) is 12.3. The molecule has 3 heteroatoms. The van der Waals surface area contributed by atoms with Crippen LogP contribution in [0.5, 0.6) is 0 Å². The van der Waals surface area contributed by atoms with Crippen LogP contribution >= 0.6 is 11.6 Å². The molecule has 0 spiro atoms. The Morgan fingerprint density at radius 1 is 1.59 bits per heavy atom. The molecule has 17 heavy (non-hydrogen) atoms. The summed E-state index contributed by atoms with van der Waals surface area (Å²) in [6.45, 7) is 2.22. The molecule has 0 bridgehead atoms. The molecule has 1 aliphatic carbocycles. The number of nitrogens with zero attached hydrogens (tertiary/aromatic N) is 1. The van der Waals surface area contributed by atoms with E-state index in [0.29, 0.717) is 17.4 Å². The van der Waals surface area contributed by atoms with Gasteiger partial charge in [-0.15, -0.1) is 0 Å². The van der Waals surface area contributed by atoms with E-state index in [0.717, 1.165) is 30.4 Å². The monoisotopic (exact) mass is 249 g/mol. The van der Waals surface area contributed by atoms with Gasteiger partial charge in [0, 0.05) is 18.8 Å². The lowest BCUT2D eigenvalue weighted by Crippen LogP contribution is -2.12. The Labute approximate surface area is 107 Å². The van der Waals surface area contributed by atoms with Crippen LogP contribution in [0.25, 0.3) is 0 Å². The second-order valence-corrected chi connectivity index (χ2v) is 5.08. The van der Waals surface area contributed by atoms with Crippen molar-refractivity contribution in [1.82, 2.24) is 4.98 Å². The summed E-state index contributed by atoms with van der Waals surface area (Å²) in [5.74, 6) is 0.904. The number of allylic oxidation sites excluding steroid dienone is 2. The van der Waals surface area contributed by atoms with Gasteiger partial charge in [0.15, 0.2) is 5.78 Å². The van der Waals surface area contributed by atoms with E-state index in [1.54, 1.807) is 12.4 Å². The fraction of sp³-hybridized carbons (Fsp3) is 0.429. The van der Waals surface area contributed by atoms with Gasteiger partial charge in [-0.2, -0.15) is 0 Å². The molecule has 1 heterocycles. The van der Waals surface area contributed by atoms with Gasteiger partial charge in [-0.25, -0.2) is 0 Å². The largest absolute Gasteiger partial charge is 0.294 e. The topological polar surface area (TPSA) is 30.0 Å². The summed E-state index contributed by atoms with van der Waals surface area (Å²) < 4.78 is 0. The predicted octanol–water partition coefficient (Wildman–Crippen LogP) is 3.59. The van der Waals surface area contributed by atoms with E-state index in [9.17, 15) is 4.79 Å². The number of hydrogen-bond donors (Lipinski definition) is 0. The van der Waals surface area contributed by atoms with E-state index < -0.39 is 0 Å². The second-order valence-electron chi connectivity index (χ2n) is 4.68. The van der Waals surface area contributed by atoms with Crippen molar-refractivity contribution in [3.05, 3.63) is 40.7 Å². The number of halogens is 1. The van der Waals surface area contributed by atoms with Gasteiger partial charge in [0.05, 0.1) is 5.02 Å². The molecular weight excluding hydrogens is 234 g/mol. The van der Waals surface area contributed by atoms with Crippen LogP contribution in [0.4, 0.5) is 0 Å². The Morgan fingerprint density at radius 3 is 3.06 bits per heavy atom. The fourth-order valence-corrected chi connectivity index (χ4v) is 2.24. The minimum atomic E-state index is 0.199. The first-order valence-corrected chi connectivity index (χ1v) is 6.35. The first-order chi connectivity index (χ1) is 8.16. The van der Waals surface area contributed by atoms with Crippen LogP contribution in [0, 0.1) is 5.92 Å². The van der Waals surface area contributed by atoms with Crippen molar-refractivity contribution in [3.63, 3.8) is 0 Å². The number of carbonyl (C=O) groups is 1. The minimum Gasteiger partial charge on any atom is -0.294 e. The molecule has 1 atom stereocenters. The predicted molar refractivity (Wildman–Crippen MR) is 69.1 cm³/mol. The molecule has 1 aromatic heterocycles. The molecule has 0 aromatic carbocycles. The number of Topliss-reactive ketones (excluding diaryl/α,β-unsaturated/α-hetero) is 1. The first kappa shape index (κ1) is 12.3. The Kier molecular flexibility index (Phi) is 3.95. The van der Waals surface area contributed by atoms with Gasteiger partial charge in [-0.1, -0.05) is 24.6 Å². The summed E-state index contributed by atoms with van der Waals surface area (Å²) in [6, 6.07) is 1.81. The lowest BCUT2D eigenvalue weighted by Gasteiger charge is -2.17. The van der Waals surface area contributed by atoms with Crippen LogP contribution in [0.15, 0.2) is 30.1 Å². The fourth-order valence-electron chi connectivity index (χ4n) is 2.05. The maximum Gasteiger partial charge on any atom is 0.162 e. The van der Waals surface area contributed by atoms with Crippen LogP contribution in [0.2, 0.25) is 5.02 Å². The zero-order valence-corrected chi connectivity index (χ0v) is 10.7. The number of ketones is 1. The standard InChI is InChI=1S/C14H16ClNO/c1-10-2-4-11(5-3-10)14(17)8-12-6-7-16-9-13(12)15/h4,6-7,9-10H,2-3,5,8H2,1H3. The lowest BCUT2D eigenvalue weighted by atomic mass is 9.88. The number of carbonyl (C=O) groups excluding carboxylic acids is 1. The summed E-state index contributed by atoms with van der Waals surface area (Å²) in [6.07, 6.45) is 8.77. The molecular formula is C14H16ClNO. The maximum absolute atomic E-state index is 12.1. The van der Waals surface area contributed by atoms with Gasteiger partial charge in [0.25, 0.3) is 0 Å². The lowest BCUT2D eigenvalue weighted by molar-refractivity contribution is -0.115. The van der Waals surface area contributed by atoms with Gasteiger partial charge < -0.3 is 0 Å². The smallest absolute Gasteiger partial charge is 0.162 e. The van der Waals surface area contributed by atoms with Gasteiger partial charge in [-0.3, -0.25) is 9.78 Å². The summed E-state index contributed by atoms with van der Waals surface area (Å²) in [5, 5.41) is 0.575. The van der Waals surface area contributed by atoms with Crippen molar-refractivity contribution in [1.29, 1.82) is 0 Å². The number of hydrogen-bond acceptors (Lipinski definition) is 2. The first-order valence-electron chi connectivity index (χ1n) is 5.97. The average Bonchev–Trinajstić information content (AvgIpc) is 2.33. The van der Waals surface area contributed by atoms with Crippen molar-refractivity contribution >= 4 is 17.4 Å². The molecule has 0 saturated carbocycles. The van der Waals surface area contributed by atoms with E-state index in [1.165, 1.54) is 0 Å². The average molecular weight is 250 g/mol. The SMILES string of the molecule is CC1CC=C(C(=O)Cc2ccncc2Cl)CC1. The van der Waals surface area contributed by atoms with Gasteiger partial charge >= 0.3 is 0 Å². The molecule has 0 aliphatic heterocycles. The van der Waals surface area contributed by atoms with E-state index in [4.69, 9.17) is 11.6 Å². The Hall–Kier alpha value is -1.15. The van der Waals surface area contributed by atoms with Gasteiger partial charge in [-0.05, 0) is 42.4 Å². The highest BCUT2D eigenvalue weighted by Crippen LogP contribution is 2.25. The van der Waals surface area contributed by atoms with Crippen LogP contribution in [0.1, 0.15) is 31.7 Å². The third-order valence-corrected chi connectivity index (χ3v) is 3.58. The van der Waals surface area contributed by atoms with Crippen molar-refractivity contribution < 1.29 is 4.79 Å². The molecule has 2 nitrogen and oxygen atoms in total. The normalized spacial score (nSPS) is 19.9. The zero-order valence-electron chi connectivity index (χ0n) is 9.95. The highest BCUT2D eigenvalue weighted by molar-refractivity contribution is 6.31. The molecule has 0 radical (unpaired) electrons. The number of rotatable bonds is 3. The van der Waals surface area contributed by atoms with Crippen LogP contribution < -0.4 is 0 Å². The molecule has 0 fully saturated rings. The third kappa shape index (κ3) is 3.16. The molecule has 0 saturated heterocycles. The summed E-state index contributed by atoms with van der Waals surface area (Å²) >= 11 is 6.00. The molecule has 2 rings (SSSR count). The van der Waals surface area contributed by atoms with Crippen molar-refractivity contribution in [2.45, 2.75) is 32.6 Å². The van der Waals surface area contributed by atoms with Crippen molar-refractivity contribution in [2.24, 2.45) is 5.92 Å². The van der Waals surface area contributed by atoms with Gasteiger partial charge in [0.1, 0.15) is 0 Å². The van der Waals surface area contributed by atoms with Crippen molar-refractivity contribution in [2.75, 3.05) is 0 Å². The Morgan fingerprint density at radius 2 is 2.41 bits per heavy atom. The summed E-state index contributed by atoms with van der Waals surface area (Å²) in [4.78, 5) is 16.0. The van der Waals surface area contributed by atoms with Gasteiger partial charge in [0.2, 0.25) is 0 Å². The Balaban J connectivity index is 2.05. The minimum absolute atomic E-state index is 0.199. The van der Waals surface area contributed by atoms with Crippen LogP contribution in [0.3, 0.4) is 0 Å². The van der Waals surface area contributed by atoms with E-state index in [2.05, 4.69) is 18.0 Å². The second kappa shape index (κ2) is 5.46. The maximum atomic E-state index is 12.1. The molecule has 0 amide bonds. The number of pyridine rings is 1. The van der Waals surface area contributed by atoms with Crippen molar-refractivity contribution in [3.8, 4) is 0 Å². The van der Waals surface area contributed by atoms with Crippen LogP contribution in [-0.4, -0.2) is 10.8 Å². The summed E-state index contributed by atoms with van der Waals surface area (Å²) in [7, 11) is 0. The quantitative estimate of drug-likeness (QED) is 0.819. The summed E-state index contributed by atoms with van der Waals surface area (Å²) in [5.41, 5.74) is 1.84.